The Kier molecular flexibility index (Phi) is 3.43. The highest BCUT2D eigenvalue weighted by atomic mass is 16.2. The molecule has 1 aromatic carbocycles. The quantitative estimate of drug-likeness (QED) is 0.794. The number of likely N-dealkylation sites (N-methyl/N-ethyl adjacent to an activating group) is 1. The maximum absolute atomic E-state index is 11.9. The number of nitrogens with zero attached hydrogens (tertiary/aromatic N) is 2. The fourth-order valence-corrected chi connectivity index (χ4v) is 2.44. The molecular formula is C14H16N2O. The van der Waals surface area contributed by atoms with E-state index in [0.29, 0.717) is 6.42 Å². The van der Waals surface area contributed by atoms with Crippen LogP contribution in [-0.4, -0.2) is 23.9 Å². The van der Waals surface area contributed by atoms with Crippen molar-refractivity contribution in [1.82, 2.24) is 4.90 Å². The summed E-state index contributed by atoms with van der Waals surface area (Å²) in [7, 11) is 1.84. The Labute approximate surface area is 102 Å². The largest absolute Gasteiger partial charge is 0.342 e. The van der Waals surface area contributed by atoms with E-state index in [1.54, 1.807) is 4.90 Å². The number of hydrogen-bond acceptors (Lipinski definition) is 2. The van der Waals surface area contributed by atoms with Crippen molar-refractivity contribution < 1.29 is 4.79 Å². The van der Waals surface area contributed by atoms with Crippen LogP contribution >= 0.6 is 0 Å². The Morgan fingerprint density at radius 3 is 2.76 bits per heavy atom. The Balaban J connectivity index is 2.04. The molecule has 2 rings (SSSR count). The molecule has 0 radical (unpaired) electrons. The fourth-order valence-electron chi connectivity index (χ4n) is 2.44. The van der Waals surface area contributed by atoms with Crippen LogP contribution in [0.25, 0.3) is 0 Å². The van der Waals surface area contributed by atoms with E-state index in [0.717, 1.165) is 12.8 Å². The number of carbonyl (C=O) groups is 1. The van der Waals surface area contributed by atoms with Gasteiger partial charge in [-0.25, -0.2) is 0 Å². The maximum atomic E-state index is 11.9. The first-order chi connectivity index (χ1) is 8.22. The van der Waals surface area contributed by atoms with Gasteiger partial charge in [-0.2, -0.15) is 5.26 Å². The van der Waals surface area contributed by atoms with Gasteiger partial charge in [0, 0.05) is 19.5 Å². The Bertz CT molecular complexity index is 435. The van der Waals surface area contributed by atoms with Crippen molar-refractivity contribution in [2.45, 2.75) is 25.3 Å². The summed E-state index contributed by atoms with van der Waals surface area (Å²) in [6.07, 6.45) is 2.03. The van der Waals surface area contributed by atoms with Gasteiger partial charge in [-0.05, 0) is 18.4 Å². The molecule has 88 valence electrons. The predicted octanol–water partition coefficient (Wildman–Crippen LogP) is 1.99. The molecule has 1 amide bonds. The third-order valence-electron chi connectivity index (χ3n) is 3.45. The van der Waals surface area contributed by atoms with Crippen LogP contribution in [0.1, 0.15) is 18.4 Å². The molecule has 1 unspecified atom stereocenters. The molecule has 1 heterocycles. The van der Waals surface area contributed by atoms with Gasteiger partial charge in [-0.1, -0.05) is 30.3 Å². The second-order valence-corrected chi connectivity index (χ2v) is 4.59. The first kappa shape index (κ1) is 11.7. The number of carbonyl (C=O) groups excluding carboxylic acids is 1. The van der Waals surface area contributed by atoms with E-state index in [4.69, 9.17) is 5.26 Å². The molecule has 0 saturated carbocycles. The molecule has 2 atom stereocenters. The standard InChI is InChI=1S/C14H16N2O/c1-16-13(9-11-5-3-2-4-6-11)10-12(7-8-15)14(16)17/h2-6,12-13H,7,9-10H2,1H3/t12?,13-/m0/s1. The fraction of sp³-hybridized carbons (Fsp3) is 0.429. The number of nitriles is 1. The van der Waals surface area contributed by atoms with E-state index in [2.05, 4.69) is 18.2 Å². The molecule has 0 aliphatic carbocycles. The molecule has 0 spiro atoms. The zero-order valence-electron chi connectivity index (χ0n) is 9.97. The number of benzene rings is 1. The molecule has 0 bridgehead atoms. The van der Waals surface area contributed by atoms with Crippen LogP contribution in [0.15, 0.2) is 30.3 Å². The Morgan fingerprint density at radius 1 is 1.41 bits per heavy atom. The van der Waals surface area contributed by atoms with E-state index in [1.807, 2.05) is 25.2 Å². The highest BCUT2D eigenvalue weighted by molar-refractivity contribution is 5.81. The molecule has 1 aliphatic heterocycles. The van der Waals surface area contributed by atoms with Crippen LogP contribution in [0, 0.1) is 17.2 Å². The van der Waals surface area contributed by atoms with Crippen molar-refractivity contribution in [2.75, 3.05) is 7.05 Å². The Morgan fingerprint density at radius 2 is 2.12 bits per heavy atom. The van der Waals surface area contributed by atoms with Gasteiger partial charge in [0.05, 0.1) is 12.0 Å². The van der Waals surface area contributed by atoms with E-state index >= 15 is 0 Å². The summed E-state index contributed by atoms with van der Waals surface area (Å²) < 4.78 is 0. The lowest BCUT2D eigenvalue weighted by atomic mass is 9.98. The molecule has 1 aliphatic rings. The highest BCUT2D eigenvalue weighted by Crippen LogP contribution is 2.27. The number of hydrogen-bond donors (Lipinski definition) is 0. The zero-order valence-corrected chi connectivity index (χ0v) is 9.97. The van der Waals surface area contributed by atoms with Gasteiger partial charge < -0.3 is 4.90 Å². The molecule has 0 aromatic heterocycles. The van der Waals surface area contributed by atoms with Gasteiger partial charge in [0.2, 0.25) is 5.91 Å². The number of rotatable bonds is 3. The average Bonchev–Trinajstić information content (AvgIpc) is 2.60. The molecule has 3 nitrogen and oxygen atoms in total. The maximum Gasteiger partial charge on any atom is 0.226 e. The van der Waals surface area contributed by atoms with Crippen LogP contribution in [0.2, 0.25) is 0 Å². The minimum Gasteiger partial charge on any atom is -0.342 e. The first-order valence-corrected chi connectivity index (χ1v) is 5.90. The average molecular weight is 228 g/mol. The molecule has 1 saturated heterocycles. The lowest BCUT2D eigenvalue weighted by Gasteiger charge is -2.19. The van der Waals surface area contributed by atoms with Crippen LogP contribution in [0.5, 0.6) is 0 Å². The lowest BCUT2D eigenvalue weighted by Crippen LogP contribution is -2.31. The smallest absolute Gasteiger partial charge is 0.226 e. The number of likely N-dealkylation sites (tertiary alicyclic amines) is 1. The summed E-state index contributed by atoms with van der Waals surface area (Å²) in [6.45, 7) is 0. The van der Waals surface area contributed by atoms with E-state index in [1.165, 1.54) is 5.56 Å². The van der Waals surface area contributed by atoms with E-state index in [-0.39, 0.29) is 17.9 Å². The molecule has 1 aromatic rings. The molecule has 3 heteroatoms. The van der Waals surface area contributed by atoms with Crippen LogP contribution in [-0.2, 0) is 11.2 Å². The SMILES string of the molecule is CN1C(=O)C(CC#N)C[C@@H]1Cc1ccccc1. The highest BCUT2D eigenvalue weighted by Gasteiger charge is 2.36. The van der Waals surface area contributed by atoms with Crippen molar-refractivity contribution in [1.29, 1.82) is 5.26 Å². The molecule has 17 heavy (non-hydrogen) atoms. The van der Waals surface area contributed by atoms with Crippen molar-refractivity contribution in [2.24, 2.45) is 5.92 Å². The van der Waals surface area contributed by atoms with Gasteiger partial charge in [0.25, 0.3) is 0 Å². The van der Waals surface area contributed by atoms with Gasteiger partial charge in [0.1, 0.15) is 0 Å². The summed E-state index contributed by atoms with van der Waals surface area (Å²) in [5, 5.41) is 8.69. The topological polar surface area (TPSA) is 44.1 Å². The van der Waals surface area contributed by atoms with E-state index in [9.17, 15) is 4.79 Å². The van der Waals surface area contributed by atoms with E-state index < -0.39 is 0 Å². The summed E-state index contributed by atoms with van der Waals surface area (Å²) in [4.78, 5) is 13.7. The van der Waals surface area contributed by atoms with Crippen molar-refractivity contribution >= 4 is 5.91 Å². The van der Waals surface area contributed by atoms with Gasteiger partial charge in [-0.15, -0.1) is 0 Å². The molecular weight excluding hydrogens is 212 g/mol. The number of amides is 1. The van der Waals surface area contributed by atoms with Crippen molar-refractivity contribution in [3.8, 4) is 6.07 Å². The van der Waals surface area contributed by atoms with Gasteiger partial charge in [0.15, 0.2) is 0 Å². The predicted molar refractivity (Wildman–Crippen MR) is 65.0 cm³/mol. The zero-order chi connectivity index (χ0) is 12.3. The normalized spacial score (nSPS) is 23.8. The van der Waals surface area contributed by atoms with Crippen molar-refractivity contribution in [3.63, 3.8) is 0 Å². The third kappa shape index (κ3) is 2.47. The Hall–Kier alpha value is -1.82. The monoisotopic (exact) mass is 228 g/mol. The summed E-state index contributed by atoms with van der Waals surface area (Å²) in [5.41, 5.74) is 1.25. The van der Waals surface area contributed by atoms with Crippen LogP contribution < -0.4 is 0 Å². The second-order valence-electron chi connectivity index (χ2n) is 4.59. The third-order valence-corrected chi connectivity index (χ3v) is 3.45. The minimum absolute atomic E-state index is 0.0984. The van der Waals surface area contributed by atoms with Gasteiger partial charge in [-0.3, -0.25) is 4.79 Å². The summed E-state index contributed by atoms with van der Waals surface area (Å²) in [5.74, 6) is 0.0196. The van der Waals surface area contributed by atoms with Crippen molar-refractivity contribution in [3.05, 3.63) is 35.9 Å². The van der Waals surface area contributed by atoms with Gasteiger partial charge >= 0.3 is 0 Å². The minimum atomic E-state index is -0.0984. The molecule has 0 N–H and O–H groups in total. The summed E-state index contributed by atoms with van der Waals surface area (Å²) >= 11 is 0. The first-order valence-electron chi connectivity index (χ1n) is 5.90. The molecule has 1 fully saturated rings. The van der Waals surface area contributed by atoms with Crippen LogP contribution in [0.4, 0.5) is 0 Å². The summed E-state index contributed by atoms with van der Waals surface area (Å²) in [6, 6.07) is 12.5. The lowest BCUT2D eigenvalue weighted by molar-refractivity contribution is -0.130. The van der Waals surface area contributed by atoms with Crippen LogP contribution in [0.3, 0.4) is 0 Å². The second kappa shape index (κ2) is 5.01.